The summed E-state index contributed by atoms with van der Waals surface area (Å²) in [6.45, 7) is 0. The topological polar surface area (TPSA) is 103 Å². The van der Waals surface area contributed by atoms with Crippen molar-refractivity contribution >= 4 is 38.9 Å². The first kappa shape index (κ1) is 16.8. The molecular formula is C13H12N4O4S2. The van der Waals surface area contributed by atoms with E-state index in [0.717, 1.165) is 0 Å². The molecule has 1 N–H and O–H groups in total. The highest BCUT2D eigenvalue weighted by atomic mass is 32.2. The summed E-state index contributed by atoms with van der Waals surface area (Å²) in [4.78, 5) is 11.6. The van der Waals surface area contributed by atoms with E-state index < -0.39 is 10.0 Å². The monoisotopic (exact) mass is 352 g/mol. The Morgan fingerprint density at radius 1 is 1.17 bits per heavy atom. The fourth-order valence-corrected chi connectivity index (χ4v) is 2.70. The second-order valence-corrected chi connectivity index (χ2v) is 5.95. The molecule has 0 radical (unpaired) electrons. The van der Waals surface area contributed by atoms with Gasteiger partial charge in [0.25, 0.3) is 10.0 Å². The third-order valence-electron chi connectivity index (χ3n) is 2.63. The average molecular weight is 352 g/mol. The van der Waals surface area contributed by atoms with Crippen molar-refractivity contribution < 1.29 is 17.9 Å². The van der Waals surface area contributed by atoms with Crippen molar-refractivity contribution in [3.63, 3.8) is 0 Å². The molecule has 2 aromatic rings. The van der Waals surface area contributed by atoms with Crippen LogP contribution in [0.25, 0.3) is 0 Å². The van der Waals surface area contributed by atoms with Gasteiger partial charge in [0, 0.05) is 6.07 Å². The molecule has 0 aliphatic carbocycles. The Kier molecular flexibility index (Phi) is 5.22. The quantitative estimate of drug-likeness (QED) is 0.627. The predicted molar refractivity (Wildman–Crippen MR) is 87.1 cm³/mol. The minimum absolute atomic E-state index is 0.0206. The highest BCUT2D eigenvalue weighted by Gasteiger charge is 2.16. The molecule has 0 fully saturated rings. The second kappa shape index (κ2) is 7.14. The molecule has 1 aromatic heterocycles. The first-order valence-corrected chi connectivity index (χ1v) is 8.05. The first-order valence-electron chi connectivity index (χ1n) is 6.16. The highest BCUT2D eigenvalue weighted by molar-refractivity contribution is 7.92. The molecule has 1 aromatic carbocycles. The summed E-state index contributed by atoms with van der Waals surface area (Å²) in [6, 6.07) is 7.12. The van der Waals surface area contributed by atoms with E-state index in [2.05, 4.69) is 37.1 Å². The van der Waals surface area contributed by atoms with E-state index in [0.29, 0.717) is 5.69 Å². The maximum Gasteiger partial charge on any atom is 0.321 e. The molecule has 1 heterocycles. The number of methoxy groups -OCH3 is 2. The van der Waals surface area contributed by atoms with Crippen LogP contribution in [0.3, 0.4) is 0 Å². The van der Waals surface area contributed by atoms with Crippen LogP contribution in [0.1, 0.15) is 0 Å². The van der Waals surface area contributed by atoms with E-state index >= 15 is 0 Å². The van der Waals surface area contributed by atoms with E-state index in [4.69, 9.17) is 9.47 Å². The summed E-state index contributed by atoms with van der Waals surface area (Å²) >= 11 is 4.49. The number of rotatable bonds is 6. The van der Waals surface area contributed by atoms with Crippen molar-refractivity contribution in [2.75, 3.05) is 18.9 Å². The number of nitrogens with zero attached hydrogens (tertiary/aromatic N) is 3. The standard InChI is InChI=1S/C13H12N4O4S2/c1-20-12-7-11(15-13(16-12)21-2)17-23(18,19)10-5-3-9(4-6-10)14-8-22/h3-7H,1-2H3,(H,15,16,17). The van der Waals surface area contributed by atoms with Gasteiger partial charge < -0.3 is 9.47 Å². The molecule has 0 atom stereocenters. The van der Waals surface area contributed by atoms with Crippen LogP contribution in [-0.2, 0) is 10.0 Å². The summed E-state index contributed by atoms with van der Waals surface area (Å²) < 4.78 is 36.9. The van der Waals surface area contributed by atoms with Crippen molar-refractivity contribution in [3.05, 3.63) is 30.3 Å². The van der Waals surface area contributed by atoms with E-state index in [1.54, 1.807) is 0 Å². The minimum Gasteiger partial charge on any atom is -0.481 e. The third kappa shape index (κ3) is 4.22. The molecule has 2 rings (SSSR count). The molecule has 0 saturated heterocycles. The Morgan fingerprint density at radius 2 is 1.87 bits per heavy atom. The predicted octanol–water partition coefficient (Wildman–Crippen LogP) is 2.03. The zero-order valence-electron chi connectivity index (χ0n) is 12.2. The lowest BCUT2D eigenvalue weighted by atomic mass is 10.3. The molecule has 23 heavy (non-hydrogen) atoms. The van der Waals surface area contributed by atoms with Gasteiger partial charge in [0.15, 0.2) is 5.82 Å². The second-order valence-electron chi connectivity index (χ2n) is 4.08. The number of hydrogen-bond donors (Lipinski definition) is 1. The van der Waals surface area contributed by atoms with Gasteiger partial charge in [-0.05, 0) is 36.5 Å². The maximum absolute atomic E-state index is 12.4. The molecule has 0 spiro atoms. The summed E-state index contributed by atoms with van der Waals surface area (Å²) in [5, 5.41) is 2.21. The van der Waals surface area contributed by atoms with Gasteiger partial charge in [-0.2, -0.15) is 15.0 Å². The molecule has 0 aliphatic heterocycles. The SMILES string of the molecule is COc1cc(NS(=O)(=O)c2ccc(N=C=S)cc2)nc(OC)n1. The van der Waals surface area contributed by atoms with Crippen molar-refractivity contribution in [2.45, 2.75) is 4.90 Å². The van der Waals surface area contributed by atoms with Gasteiger partial charge in [-0.3, -0.25) is 4.72 Å². The van der Waals surface area contributed by atoms with Gasteiger partial charge in [-0.25, -0.2) is 8.42 Å². The van der Waals surface area contributed by atoms with E-state index in [-0.39, 0.29) is 22.6 Å². The number of aromatic nitrogens is 2. The fourth-order valence-electron chi connectivity index (χ4n) is 1.60. The number of isothiocyanates is 1. The molecule has 0 saturated carbocycles. The minimum atomic E-state index is -3.83. The summed E-state index contributed by atoms with van der Waals surface area (Å²) in [5.41, 5.74) is 0.504. The van der Waals surface area contributed by atoms with Crippen molar-refractivity contribution in [2.24, 2.45) is 4.99 Å². The Hall–Kier alpha value is -2.55. The van der Waals surface area contributed by atoms with Crippen molar-refractivity contribution in [1.82, 2.24) is 9.97 Å². The van der Waals surface area contributed by atoms with E-state index in [9.17, 15) is 8.42 Å². The largest absolute Gasteiger partial charge is 0.481 e. The van der Waals surface area contributed by atoms with Crippen LogP contribution in [-0.4, -0.2) is 37.8 Å². The van der Waals surface area contributed by atoms with Gasteiger partial charge in [0.2, 0.25) is 5.88 Å². The number of nitrogens with one attached hydrogen (secondary N) is 1. The van der Waals surface area contributed by atoms with Crippen LogP contribution in [0.5, 0.6) is 11.9 Å². The van der Waals surface area contributed by atoms with Crippen LogP contribution in [0.15, 0.2) is 40.2 Å². The first-order chi connectivity index (χ1) is 11.0. The van der Waals surface area contributed by atoms with Gasteiger partial charge in [0.1, 0.15) is 0 Å². The lowest BCUT2D eigenvalue weighted by molar-refractivity contribution is 0.353. The van der Waals surface area contributed by atoms with Gasteiger partial charge in [0.05, 0.1) is 30.0 Å². The van der Waals surface area contributed by atoms with Crippen LogP contribution in [0.4, 0.5) is 11.5 Å². The summed E-state index contributed by atoms with van der Waals surface area (Å²) in [6.07, 6.45) is 0. The normalized spacial score (nSPS) is 10.5. The lowest BCUT2D eigenvalue weighted by Crippen LogP contribution is -2.14. The zero-order valence-corrected chi connectivity index (χ0v) is 13.8. The molecular weight excluding hydrogens is 340 g/mol. The third-order valence-corrected chi connectivity index (χ3v) is 4.10. The molecule has 8 nitrogen and oxygen atoms in total. The number of thiocarbonyl (C=S) groups is 1. The number of sulfonamides is 1. The van der Waals surface area contributed by atoms with Crippen LogP contribution in [0.2, 0.25) is 0 Å². The zero-order chi connectivity index (χ0) is 16.9. The average Bonchev–Trinajstić information content (AvgIpc) is 2.54. The Morgan fingerprint density at radius 3 is 2.43 bits per heavy atom. The lowest BCUT2D eigenvalue weighted by Gasteiger charge is -2.09. The molecule has 10 heteroatoms. The molecule has 120 valence electrons. The molecule has 0 unspecified atom stereocenters. The highest BCUT2D eigenvalue weighted by Crippen LogP contribution is 2.21. The van der Waals surface area contributed by atoms with E-state index in [1.165, 1.54) is 44.6 Å². The summed E-state index contributed by atoms with van der Waals surface area (Å²) in [7, 11) is -1.07. The fraction of sp³-hybridized carbons (Fsp3) is 0.154. The van der Waals surface area contributed by atoms with Gasteiger partial charge >= 0.3 is 6.01 Å². The smallest absolute Gasteiger partial charge is 0.321 e. The van der Waals surface area contributed by atoms with Crippen molar-refractivity contribution in [3.8, 4) is 11.9 Å². The van der Waals surface area contributed by atoms with E-state index in [1.807, 2.05) is 0 Å². The Balaban J connectivity index is 2.32. The molecule has 0 aliphatic rings. The number of benzene rings is 1. The molecule has 0 bridgehead atoms. The number of aliphatic imine (C=N–C) groups is 1. The maximum atomic E-state index is 12.4. The van der Waals surface area contributed by atoms with Crippen LogP contribution >= 0.6 is 12.2 Å². The summed E-state index contributed by atoms with van der Waals surface area (Å²) in [5.74, 6) is 0.190. The molecule has 0 amide bonds. The number of anilines is 1. The van der Waals surface area contributed by atoms with Gasteiger partial charge in [-0.15, -0.1) is 0 Å². The van der Waals surface area contributed by atoms with Crippen LogP contribution in [0, 0.1) is 0 Å². The number of hydrogen-bond acceptors (Lipinski definition) is 8. The number of ether oxygens (including phenoxy) is 2. The Bertz CT molecular complexity index is 825. The van der Waals surface area contributed by atoms with Crippen molar-refractivity contribution in [1.29, 1.82) is 0 Å². The van der Waals surface area contributed by atoms with Gasteiger partial charge in [-0.1, -0.05) is 0 Å². The van der Waals surface area contributed by atoms with Crippen LogP contribution < -0.4 is 14.2 Å². The Labute approximate surface area is 138 Å².